The van der Waals surface area contributed by atoms with E-state index in [1.165, 1.54) is 12.1 Å². The van der Waals surface area contributed by atoms with Crippen LogP contribution in [0.15, 0.2) is 48.5 Å². The number of hydrogen-bond acceptors (Lipinski definition) is 3. The van der Waals surface area contributed by atoms with Crippen LogP contribution in [0.3, 0.4) is 0 Å². The van der Waals surface area contributed by atoms with E-state index in [1.807, 2.05) is 42.2 Å². The monoisotopic (exact) mass is 356 g/mol. The number of hydrogen-bond donors (Lipinski definition) is 0. The molecule has 3 rings (SSSR count). The molecule has 26 heavy (non-hydrogen) atoms. The van der Waals surface area contributed by atoms with Gasteiger partial charge in [0.2, 0.25) is 0 Å². The summed E-state index contributed by atoms with van der Waals surface area (Å²) in [6.45, 7) is 6.95. The van der Waals surface area contributed by atoms with Crippen LogP contribution in [-0.2, 0) is 11.3 Å². The van der Waals surface area contributed by atoms with E-state index in [4.69, 9.17) is 4.74 Å². The average Bonchev–Trinajstić information content (AvgIpc) is 2.66. The van der Waals surface area contributed by atoms with Crippen LogP contribution in [0.1, 0.15) is 21.5 Å². The lowest BCUT2D eigenvalue weighted by atomic mass is 10.1. The van der Waals surface area contributed by atoms with Gasteiger partial charge in [-0.05, 0) is 36.2 Å². The van der Waals surface area contributed by atoms with Gasteiger partial charge >= 0.3 is 0 Å². The van der Waals surface area contributed by atoms with E-state index >= 15 is 0 Å². The Labute approximate surface area is 154 Å². The van der Waals surface area contributed by atoms with Gasteiger partial charge in [-0.1, -0.05) is 30.3 Å². The topological polar surface area (TPSA) is 32.8 Å². The molecule has 2 aromatic rings. The number of amides is 1. The molecule has 138 valence electrons. The van der Waals surface area contributed by atoms with Crippen molar-refractivity contribution in [1.82, 2.24) is 9.80 Å². The van der Waals surface area contributed by atoms with Gasteiger partial charge in [0.25, 0.3) is 5.91 Å². The highest BCUT2D eigenvalue weighted by Gasteiger charge is 2.20. The molecule has 1 fully saturated rings. The molecule has 0 aliphatic carbocycles. The Morgan fingerprint density at radius 1 is 1.15 bits per heavy atom. The lowest BCUT2D eigenvalue weighted by Gasteiger charge is -2.30. The Morgan fingerprint density at radius 3 is 2.65 bits per heavy atom. The molecule has 0 radical (unpaired) electrons. The Morgan fingerprint density at radius 2 is 1.92 bits per heavy atom. The molecule has 2 aromatic carbocycles. The molecule has 0 aromatic heterocycles. The normalized spacial score (nSPS) is 15.0. The molecule has 1 aliphatic heterocycles. The molecule has 1 amide bonds. The van der Waals surface area contributed by atoms with Gasteiger partial charge in [-0.25, -0.2) is 4.39 Å². The van der Waals surface area contributed by atoms with Crippen LogP contribution in [0.2, 0.25) is 0 Å². The van der Waals surface area contributed by atoms with Crippen LogP contribution in [0.5, 0.6) is 0 Å². The molecule has 0 bridgehead atoms. The highest BCUT2D eigenvalue weighted by atomic mass is 19.1. The minimum absolute atomic E-state index is 0.0133. The molecule has 0 atom stereocenters. The smallest absolute Gasteiger partial charge is 0.254 e. The van der Waals surface area contributed by atoms with E-state index in [9.17, 15) is 9.18 Å². The van der Waals surface area contributed by atoms with Crippen LogP contribution < -0.4 is 0 Å². The fourth-order valence-corrected chi connectivity index (χ4v) is 3.18. The van der Waals surface area contributed by atoms with Gasteiger partial charge < -0.3 is 9.64 Å². The molecule has 0 N–H and O–H groups in total. The number of carbonyl (C=O) groups is 1. The highest BCUT2D eigenvalue weighted by molar-refractivity contribution is 5.95. The highest BCUT2D eigenvalue weighted by Crippen LogP contribution is 2.15. The second kappa shape index (κ2) is 8.92. The summed E-state index contributed by atoms with van der Waals surface area (Å²) in [6, 6.07) is 14.1. The predicted molar refractivity (Wildman–Crippen MR) is 99.6 cm³/mol. The summed E-state index contributed by atoms with van der Waals surface area (Å²) in [5, 5.41) is 0. The Bertz CT molecular complexity index is 744. The van der Waals surface area contributed by atoms with Gasteiger partial charge in [-0.15, -0.1) is 0 Å². The number of nitrogens with zero attached hydrogens (tertiary/aromatic N) is 2. The first-order chi connectivity index (χ1) is 12.6. The Kier molecular flexibility index (Phi) is 6.36. The molecular formula is C21H25FN2O2. The van der Waals surface area contributed by atoms with E-state index in [0.717, 1.165) is 44.0 Å². The van der Waals surface area contributed by atoms with Gasteiger partial charge in [-0.3, -0.25) is 9.69 Å². The molecular weight excluding hydrogens is 331 g/mol. The summed E-state index contributed by atoms with van der Waals surface area (Å²) < 4.78 is 18.9. The third-order valence-electron chi connectivity index (χ3n) is 4.72. The lowest BCUT2D eigenvalue weighted by molar-refractivity contribution is 0.0320. The summed E-state index contributed by atoms with van der Waals surface area (Å²) in [7, 11) is 0. The van der Waals surface area contributed by atoms with Crippen molar-refractivity contribution in [3.05, 3.63) is 71.0 Å². The zero-order valence-corrected chi connectivity index (χ0v) is 15.2. The molecule has 5 heteroatoms. The number of halogens is 1. The standard InChI is InChI=1S/C21H25FN2O2/c1-17-5-2-3-8-20(17)21(25)24(10-9-23-11-13-26-14-12-23)16-18-6-4-7-19(22)15-18/h2-8,15H,9-14,16H2,1H3. The van der Waals surface area contributed by atoms with Gasteiger partial charge in [0.15, 0.2) is 0 Å². The molecule has 4 nitrogen and oxygen atoms in total. The quantitative estimate of drug-likeness (QED) is 0.797. The van der Waals surface area contributed by atoms with Crippen LogP contribution in [0, 0.1) is 12.7 Å². The first kappa shape index (κ1) is 18.5. The van der Waals surface area contributed by atoms with Crippen LogP contribution in [-0.4, -0.2) is 55.1 Å². The SMILES string of the molecule is Cc1ccccc1C(=O)N(CCN1CCOCC1)Cc1cccc(F)c1. The summed E-state index contributed by atoms with van der Waals surface area (Å²) in [5.41, 5.74) is 2.45. The van der Waals surface area contributed by atoms with Crippen molar-refractivity contribution in [3.8, 4) is 0 Å². The maximum atomic E-state index is 13.6. The largest absolute Gasteiger partial charge is 0.379 e. The van der Waals surface area contributed by atoms with Crippen LogP contribution >= 0.6 is 0 Å². The molecule has 1 heterocycles. The molecule has 0 spiro atoms. The van der Waals surface area contributed by atoms with Gasteiger partial charge in [0.05, 0.1) is 13.2 Å². The summed E-state index contributed by atoms with van der Waals surface area (Å²) >= 11 is 0. The third-order valence-corrected chi connectivity index (χ3v) is 4.72. The lowest BCUT2D eigenvalue weighted by Crippen LogP contribution is -2.43. The molecule has 1 saturated heterocycles. The van der Waals surface area contributed by atoms with E-state index in [0.29, 0.717) is 18.7 Å². The fraction of sp³-hybridized carbons (Fsp3) is 0.381. The number of carbonyl (C=O) groups excluding carboxylic acids is 1. The number of rotatable bonds is 6. The van der Waals surface area contributed by atoms with Crippen molar-refractivity contribution in [2.24, 2.45) is 0 Å². The van der Waals surface area contributed by atoms with E-state index in [-0.39, 0.29) is 11.7 Å². The van der Waals surface area contributed by atoms with Crippen molar-refractivity contribution < 1.29 is 13.9 Å². The van der Waals surface area contributed by atoms with Gasteiger partial charge in [0, 0.05) is 38.3 Å². The van der Waals surface area contributed by atoms with Crippen LogP contribution in [0.25, 0.3) is 0 Å². The van der Waals surface area contributed by atoms with E-state index in [1.54, 1.807) is 6.07 Å². The Balaban J connectivity index is 1.75. The number of aryl methyl sites for hydroxylation is 1. The second-order valence-electron chi connectivity index (χ2n) is 6.63. The summed E-state index contributed by atoms with van der Waals surface area (Å²) in [5.74, 6) is -0.292. The van der Waals surface area contributed by atoms with Crippen molar-refractivity contribution >= 4 is 5.91 Å². The van der Waals surface area contributed by atoms with Crippen molar-refractivity contribution in [2.75, 3.05) is 39.4 Å². The maximum absolute atomic E-state index is 13.6. The number of ether oxygens (including phenoxy) is 1. The summed E-state index contributed by atoms with van der Waals surface area (Å²) in [6.07, 6.45) is 0. The van der Waals surface area contributed by atoms with E-state index < -0.39 is 0 Å². The minimum Gasteiger partial charge on any atom is -0.379 e. The van der Waals surface area contributed by atoms with Gasteiger partial charge in [0.1, 0.15) is 5.82 Å². The molecule has 0 saturated carbocycles. The van der Waals surface area contributed by atoms with E-state index in [2.05, 4.69) is 4.90 Å². The maximum Gasteiger partial charge on any atom is 0.254 e. The average molecular weight is 356 g/mol. The third kappa shape index (κ3) is 4.90. The Hall–Kier alpha value is -2.24. The first-order valence-electron chi connectivity index (χ1n) is 9.03. The van der Waals surface area contributed by atoms with Gasteiger partial charge in [-0.2, -0.15) is 0 Å². The van der Waals surface area contributed by atoms with Crippen LogP contribution in [0.4, 0.5) is 4.39 Å². The van der Waals surface area contributed by atoms with Crippen molar-refractivity contribution in [2.45, 2.75) is 13.5 Å². The minimum atomic E-state index is -0.279. The predicted octanol–water partition coefficient (Wildman–Crippen LogP) is 3.11. The number of benzene rings is 2. The van der Waals surface area contributed by atoms with Crippen molar-refractivity contribution in [1.29, 1.82) is 0 Å². The first-order valence-corrected chi connectivity index (χ1v) is 9.03. The van der Waals surface area contributed by atoms with Crippen molar-refractivity contribution in [3.63, 3.8) is 0 Å². The zero-order valence-electron chi connectivity index (χ0n) is 15.2. The zero-order chi connectivity index (χ0) is 18.4. The second-order valence-corrected chi connectivity index (χ2v) is 6.63. The number of morpholine rings is 1. The molecule has 1 aliphatic rings. The molecule has 0 unspecified atom stereocenters. The summed E-state index contributed by atoms with van der Waals surface area (Å²) in [4.78, 5) is 17.2. The fourth-order valence-electron chi connectivity index (χ4n) is 3.18.